The van der Waals surface area contributed by atoms with Crippen molar-refractivity contribution in [2.75, 3.05) is 6.54 Å². The summed E-state index contributed by atoms with van der Waals surface area (Å²) in [7, 11) is 1.81. The first-order valence-corrected chi connectivity index (χ1v) is 7.41. The molecule has 0 aliphatic carbocycles. The van der Waals surface area contributed by atoms with Gasteiger partial charge in [0, 0.05) is 25.5 Å². The molecule has 5 heteroatoms. The zero-order chi connectivity index (χ0) is 15.1. The molecule has 2 aromatic rings. The molecule has 0 aliphatic heterocycles. The minimum Gasteiger partial charge on any atom is -0.351 e. The molecule has 0 radical (unpaired) electrons. The van der Waals surface area contributed by atoms with E-state index in [1.54, 1.807) is 10.9 Å². The van der Waals surface area contributed by atoms with E-state index in [0.717, 1.165) is 37.1 Å². The van der Waals surface area contributed by atoms with E-state index in [9.17, 15) is 4.79 Å². The van der Waals surface area contributed by atoms with E-state index < -0.39 is 0 Å². The zero-order valence-corrected chi connectivity index (χ0v) is 12.7. The van der Waals surface area contributed by atoms with Crippen molar-refractivity contribution in [3.05, 3.63) is 47.5 Å². The van der Waals surface area contributed by atoms with E-state index in [1.807, 2.05) is 31.3 Å². The maximum absolute atomic E-state index is 12.1. The molecule has 2 rings (SSSR count). The van der Waals surface area contributed by atoms with Crippen LogP contribution in [0.3, 0.4) is 0 Å². The quantitative estimate of drug-likeness (QED) is 0.793. The molecule has 0 bridgehead atoms. The summed E-state index contributed by atoms with van der Waals surface area (Å²) < 4.78 is 1.65. The number of rotatable bonds is 7. The Balaban J connectivity index is 1.79. The maximum atomic E-state index is 12.1. The first-order chi connectivity index (χ1) is 10.2. The van der Waals surface area contributed by atoms with Gasteiger partial charge in [-0.2, -0.15) is 5.10 Å². The van der Waals surface area contributed by atoms with Crippen molar-refractivity contribution in [1.29, 1.82) is 0 Å². The van der Waals surface area contributed by atoms with Gasteiger partial charge in [-0.25, -0.2) is 0 Å². The van der Waals surface area contributed by atoms with Crippen molar-refractivity contribution < 1.29 is 4.79 Å². The molecule has 0 fully saturated rings. The highest BCUT2D eigenvalue weighted by molar-refractivity contribution is 5.92. The molecule has 5 nitrogen and oxygen atoms in total. The Bertz CT molecular complexity index is 577. The predicted octanol–water partition coefficient (Wildman–Crippen LogP) is 2.13. The summed E-state index contributed by atoms with van der Waals surface area (Å²) in [4.78, 5) is 16.4. The van der Waals surface area contributed by atoms with Crippen LogP contribution in [0.1, 0.15) is 41.6 Å². The molecule has 0 saturated carbocycles. The van der Waals surface area contributed by atoms with Crippen LogP contribution in [0, 0.1) is 0 Å². The lowest BCUT2D eigenvalue weighted by Gasteiger charge is -2.05. The van der Waals surface area contributed by atoms with E-state index in [-0.39, 0.29) is 5.91 Å². The number of nitrogens with zero attached hydrogens (tertiary/aromatic N) is 3. The fourth-order valence-corrected chi connectivity index (χ4v) is 2.23. The number of carbonyl (C=O) groups is 1. The highest BCUT2D eigenvalue weighted by atomic mass is 16.2. The first-order valence-electron chi connectivity index (χ1n) is 7.41. The lowest BCUT2D eigenvalue weighted by atomic mass is 10.2. The number of aromatic nitrogens is 3. The third-order valence-corrected chi connectivity index (χ3v) is 3.29. The molecule has 0 aromatic carbocycles. The van der Waals surface area contributed by atoms with Gasteiger partial charge in [-0.1, -0.05) is 19.4 Å². The highest BCUT2D eigenvalue weighted by Crippen LogP contribution is 2.05. The Morgan fingerprint density at radius 2 is 2.14 bits per heavy atom. The molecule has 112 valence electrons. The average Bonchev–Trinajstić information content (AvgIpc) is 2.86. The molecule has 2 aromatic heterocycles. The molecule has 0 atom stereocenters. The van der Waals surface area contributed by atoms with Gasteiger partial charge in [0.05, 0.1) is 5.69 Å². The van der Waals surface area contributed by atoms with Crippen LogP contribution in [-0.4, -0.2) is 27.2 Å². The third-order valence-electron chi connectivity index (χ3n) is 3.29. The summed E-state index contributed by atoms with van der Waals surface area (Å²) >= 11 is 0. The Morgan fingerprint density at radius 1 is 1.29 bits per heavy atom. The third kappa shape index (κ3) is 4.41. The summed E-state index contributed by atoms with van der Waals surface area (Å²) in [6.45, 7) is 2.75. The number of pyridine rings is 1. The van der Waals surface area contributed by atoms with Gasteiger partial charge in [0.2, 0.25) is 0 Å². The minimum atomic E-state index is -0.0617. The highest BCUT2D eigenvalue weighted by Gasteiger charge is 2.12. The van der Waals surface area contributed by atoms with E-state index in [4.69, 9.17) is 0 Å². The lowest BCUT2D eigenvalue weighted by Crippen LogP contribution is -2.26. The van der Waals surface area contributed by atoms with Gasteiger partial charge in [0.25, 0.3) is 5.91 Å². The van der Waals surface area contributed by atoms with E-state index in [2.05, 4.69) is 22.3 Å². The van der Waals surface area contributed by atoms with Crippen LogP contribution in [0.5, 0.6) is 0 Å². The average molecular weight is 286 g/mol. The molecular formula is C16H22N4O. The van der Waals surface area contributed by atoms with Crippen LogP contribution in [0.25, 0.3) is 0 Å². The van der Waals surface area contributed by atoms with E-state index in [0.29, 0.717) is 12.2 Å². The van der Waals surface area contributed by atoms with Crippen LogP contribution in [0.2, 0.25) is 0 Å². The van der Waals surface area contributed by atoms with Gasteiger partial charge >= 0.3 is 0 Å². The van der Waals surface area contributed by atoms with Crippen LogP contribution in [0.4, 0.5) is 0 Å². The van der Waals surface area contributed by atoms with Gasteiger partial charge in [-0.15, -0.1) is 0 Å². The Hall–Kier alpha value is -2.17. The molecular weight excluding hydrogens is 264 g/mol. The van der Waals surface area contributed by atoms with Crippen LogP contribution < -0.4 is 5.32 Å². The summed E-state index contributed by atoms with van der Waals surface area (Å²) in [6.07, 6.45) is 5.47. The maximum Gasteiger partial charge on any atom is 0.269 e. The van der Waals surface area contributed by atoms with Crippen molar-refractivity contribution in [1.82, 2.24) is 20.1 Å². The number of nitrogens with one attached hydrogen (secondary N) is 1. The molecule has 1 amide bonds. The molecule has 0 saturated heterocycles. The van der Waals surface area contributed by atoms with Crippen molar-refractivity contribution in [3.8, 4) is 0 Å². The second-order valence-electron chi connectivity index (χ2n) is 5.08. The second kappa shape index (κ2) is 7.57. The predicted molar refractivity (Wildman–Crippen MR) is 82.1 cm³/mol. The Morgan fingerprint density at radius 3 is 2.86 bits per heavy atom. The summed E-state index contributed by atoms with van der Waals surface area (Å²) in [5.74, 6) is -0.0617. The fraction of sp³-hybridized carbons (Fsp3) is 0.438. The fourth-order valence-electron chi connectivity index (χ4n) is 2.23. The smallest absolute Gasteiger partial charge is 0.269 e. The summed E-state index contributed by atoms with van der Waals surface area (Å²) in [5.41, 5.74) is 2.65. The molecule has 21 heavy (non-hydrogen) atoms. The first kappa shape index (κ1) is 15.2. The second-order valence-corrected chi connectivity index (χ2v) is 5.08. The van der Waals surface area contributed by atoms with Crippen molar-refractivity contribution >= 4 is 5.91 Å². The summed E-state index contributed by atoms with van der Waals surface area (Å²) in [6, 6.07) is 7.75. The van der Waals surface area contributed by atoms with Crippen molar-refractivity contribution in [3.63, 3.8) is 0 Å². The molecule has 0 spiro atoms. The van der Waals surface area contributed by atoms with Crippen LogP contribution in [-0.2, 0) is 19.9 Å². The van der Waals surface area contributed by atoms with Gasteiger partial charge < -0.3 is 5.32 Å². The number of hydrogen-bond acceptors (Lipinski definition) is 3. The van der Waals surface area contributed by atoms with Crippen molar-refractivity contribution in [2.24, 2.45) is 7.05 Å². The summed E-state index contributed by atoms with van der Waals surface area (Å²) in [5, 5.41) is 7.28. The number of aryl methyl sites for hydroxylation is 3. The number of carbonyl (C=O) groups excluding carboxylic acids is 1. The molecule has 0 aliphatic rings. The van der Waals surface area contributed by atoms with Crippen LogP contribution in [0.15, 0.2) is 30.5 Å². The largest absolute Gasteiger partial charge is 0.351 e. The Labute approximate surface area is 125 Å². The number of hydrogen-bond donors (Lipinski definition) is 1. The molecule has 2 heterocycles. The van der Waals surface area contributed by atoms with E-state index in [1.165, 1.54) is 0 Å². The van der Waals surface area contributed by atoms with Gasteiger partial charge in [0.1, 0.15) is 5.69 Å². The molecule has 0 unspecified atom stereocenters. The van der Waals surface area contributed by atoms with Gasteiger partial charge in [-0.05, 0) is 37.5 Å². The molecule has 1 N–H and O–H groups in total. The number of amides is 1. The Kier molecular flexibility index (Phi) is 5.49. The standard InChI is InChI=1S/C16H22N4O/c1-3-7-14-12-15(20(2)19-14)16(21)18-11-6-9-13-8-4-5-10-17-13/h4-5,8,10,12H,3,6-7,9,11H2,1-2H3,(H,18,21). The van der Waals surface area contributed by atoms with Gasteiger partial charge in [-0.3, -0.25) is 14.5 Å². The minimum absolute atomic E-state index is 0.0617. The topological polar surface area (TPSA) is 59.8 Å². The monoisotopic (exact) mass is 286 g/mol. The van der Waals surface area contributed by atoms with Crippen molar-refractivity contribution in [2.45, 2.75) is 32.6 Å². The normalized spacial score (nSPS) is 10.6. The zero-order valence-electron chi connectivity index (χ0n) is 12.7. The SMILES string of the molecule is CCCc1cc(C(=O)NCCCc2ccccn2)n(C)n1. The van der Waals surface area contributed by atoms with Gasteiger partial charge in [0.15, 0.2) is 0 Å². The van der Waals surface area contributed by atoms with E-state index >= 15 is 0 Å². The van der Waals surface area contributed by atoms with Crippen LogP contribution >= 0.6 is 0 Å². The lowest BCUT2D eigenvalue weighted by molar-refractivity contribution is 0.0944.